The lowest BCUT2D eigenvalue weighted by Crippen LogP contribution is -2.30. The molecule has 1 aromatic rings. The van der Waals surface area contributed by atoms with Gasteiger partial charge in [0.1, 0.15) is 0 Å². The molecular weight excluding hydrogens is 288 g/mol. The highest BCUT2D eigenvalue weighted by Crippen LogP contribution is 2.20. The maximum Gasteiger partial charge on any atom is 0.240 e. The van der Waals surface area contributed by atoms with Gasteiger partial charge in [-0.25, -0.2) is 13.1 Å². The molecule has 2 unspecified atom stereocenters. The summed E-state index contributed by atoms with van der Waals surface area (Å²) in [6.07, 6.45) is 0.961. The van der Waals surface area contributed by atoms with Crippen molar-refractivity contribution < 1.29 is 13.5 Å². The Labute approximate surface area is 127 Å². The average Bonchev–Trinajstić information content (AvgIpc) is 2.90. The highest BCUT2D eigenvalue weighted by molar-refractivity contribution is 7.89. The summed E-state index contributed by atoms with van der Waals surface area (Å²) in [6, 6.07) is 6.54. The van der Waals surface area contributed by atoms with E-state index >= 15 is 0 Å². The molecule has 0 saturated carbocycles. The molecule has 5 nitrogen and oxygen atoms in total. The number of nitrogens with zero attached hydrogens (tertiary/aromatic N) is 1. The summed E-state index contributed by atoms with van der Waals surface area (Å²) in [4.78, 5) is 2.43. The van der Waals surface area contributed by atoms with Crippen molar-refractivity contribution in [3.8, 4) is 0 Å². The molecule has 1 fully saturated rings. The highest BCUT2D eigenvalue weighted by atomic mass is 32.2. The summed E-state index contributed by atoms with van der Waals surface area (Å²) in [7, 11) is -1.46. The van der Waals surface area contributed by atoms with E-state index in [-0.39, 0.29) is 4.90 Å². The fourth-order valence-electron chi connectivity index (χ4n) is 2.63. The zero-order valence-corrected chi connectivity index (χ0v) is 13.4. The maximum atomic E-state index is 12.3. The van der Waals surface area contributed by atoms with Crippen molar-refractivity contribution in [3.05, 3.63) is 29.8 Å². The Hall–Kier alpha value is -0.950. The van der Waals surface area contributed by atoms with Gasteiger partial charge in [0.25, 0.3) is 0 Å². The summed E-state index contributed by atoms with van der Waals surface area (Å²) < 4.78 is 27.3. The number of sulfonamides is 1. The van der Waals surface area contributed by atoms with Gasteiger partial charge < -0.3 is 10.0 Å². The van der Waals surface area contributed by atoms with Crippen LogP contribution in [0.15, 0.2) is 29.2 Å². The molecule has 1 saturated heterocycles. The van der Waals surface area contributed by atoms with Crippen LogP contribution < -0.4 is 4.72 Å². The van der Waals surface area contributed by atoms with Gasteiger partial charge in [0.2, 0.25) is 10.0 Å². The van der Waals surface area contributed by atoms with Crippen molar-refractivity contribution in [3.63, 3.8) is 0 Å². The van der Waals surface area contributed by atoms with E-state index < -0.39 is 16.1 Å². The third-order valence-corrected chi connectivity index (χ3v) is 5.41. The number of rotatable bonds is 6. The minimum absolute atomic E-state index is 0.221. The second-order valence-corrected chi connectivity index (χ2v) is 7.53. The molecule has 0 amide bonds. The van der Waals surface area contributed by atoms with Crippen LogP contribution in [0.1, 0.15) is 31.4 Å². The zero-order valence-electron chi connectivity index (χ0n) is 12.6. The van der Waals surface area contributed by atoms with E-state index in [1.807, 2.05) is 14.0 Å². The van der Waals surface area contributed by atoms with Crippen LogP contribution >= 0.6 is 0 Å². The summed E-state index contributed by atoms with van der Waals surface area (Å²) in [6.45, 7) is 4.27. The van der Waals surface area contributed by atoms with Crippen LogP contribution in [0.3, 0.4) is 0 Å². The molecule has 1 aliphatic heterocycles. The molecule has 6 heteroatoms. The molecule has 0 aliphatic carbocycles. The van der Waals surface area contributed by atoms with E-state index in [1.54, 1.807) is 24.3 Å². The maximum absolute atomic E-state index is 12.3. The van der Waals surface area contributed by atoms with Crippen LogP contribution in [0.4, 0.5) is 0 Å². The lowest BCUT2D eigenvalue weighted by atomic mass is 10.1. The zero-order chi connectivity index (χ0) is 15.5. The van der Waals surface area contributed by atoms with E-state index in [4.69, 9.17) is 0 Å². The molecule has 0 radical (unpaired) electrons. The van der Waals surface area contributed by atoms with E-state index in [1.165, 1.54) is 0 Å². The summed E-state index contributed by atoms with van der Waals surface area (Å²) >= 11 is 0. The molecule has 21 heavy (non-hydrogen) atoms. The Bertz CT molecular complexity index is 574. The summed E-state index contributed by atoms with van der Waals surface area (Å²) in [5, 5.41) is 9.83. The van der Waals surface area contributed by atoms with Gasteiger partial charge >= 0.3 is 0 Å². The largest absolute Gasteiger partial charge is 0.388 e. The van der Waals surface area contributed by atoms with Crippen LogP contribution in [0, 0.1) is 5.92 Å². The van der Waals surface area contributed by atoms with Crippen molar-refractivity contribution in [2.75, 3.05) is 26.7 Å². The van der Waals surface area contributed by atoms with Gasteiger partial charge in [0, 0.05) is 13.1 Å². The fraction of sp³-hybridized carbons (Fsp3) is 0.600. The number of aliphatic hydroxyl groups is 1. The van der Waals surface area contributed by atoms with Crippen molar-refractivity contribution in [2.45, 2.75) is 30.8 Å². The topological polar surface area (TPSA) is 69.6 Å². The second kappa shape index (κ2) is 6.87. The van der Waals surface area contributed by atoms with Gasteiger partial charge in [0.05, 0.1) is 11.0 Å². The van der Waals surface area contributed by atoms with Gasteiger partial charge in [-0.15, -0.1) is 0 Å². The minimum atomic E-state index is -3.51. The third-order valence-electron chi connectivity index (χ3n) is 3.99. The molecule has 2 N–H and O–H groups in total. The van der Waals surface area contributed by atoms with Gasteiger partial charge in [0.15, 0.2) is 0 Å². The Morgan fingerprint density at radius 3 is 2.86 bits per heavy atom. The highest BCUT2D eigenvalue weighted by Gasteiger charge is 2.22. The van der Waals surface area contributed by atoms with E-state index in [9.17, 15) is 13.5 Å². The Kier molecular flexibility index (Phi) is 5.37. The first-order valence-electron chi connectivity index (χ1n) is 7.38. The minimum Gasteiger partial charge on any atom is -0.388 e. The normalized spacial score (nSPS) is 21.6. The van der Waals surface area contributed by atoms with Gasteiger partial charge in [-0.05, 0) is 50.0 Å². The van der Waals surface area contributed by atoms with Crippen molar-refractivity contribution in [1.82, 2.24) is 9.62 Å². The van der Waals surface area contributed by atoms with E-state index in [0.29, 0.717) is 24.4 Å². The molecule has 1 aromatic carbocycles. The quantitative estimate of drug-likeness (QED) is 0.832. The SMILES string of the molecule is CCC(O)c1cccc(S(=O)(=O)NCC2CCN(C)C2)c1. The molecule has 1 heterocycles. The predicted octanol–water partition coefficient (Wildman–Crippen LogP) is 1.36. The van der Waals surface area contributed by atoms with E-state index in [0.717, 1.165) is 19.5 Å². The Morgan fingerprint density at radius 1 is 1.48 bits per heavy atom. The summed E-state index contributed by atoms with van der Waals surface area (Å²) in [5.74, 6) is 0.370. The lowest BCUT2D eigenvalue weighted by molar-refractivity contribution is 0.173. The van der Waals surface area contributed by atoms with Crippen LogP contribution in [0.25, 0.3) is 0 Å². The van der Waals surface area contributed by atoms with Crippen LogP contribution in [0.5, 0.6) is 0 Å². The van der Waals surface area contributed by atoms with Gasteiger partial charge in [-0.1, -0.05) is 19.1 Å². The van der Waals surface area contributed by atoms with Crippen LogP contribution in [-0.4, -0.2) is 45.1 Å². The first-order chi connectivity index (χ1) is 9.92. The monoisotopic (exact) mass is 312 g/mol. The Morgan fingerprint density at radius 2 is 2.24 bits per heavy atom. The fourth-order valence-corrected chi connectivity index (χ4v) is 3.80. The van der Waals surface area contributed by atoms with Gasteiger partial charge in [-0.2, -0.15) is 0 Å². The lowest BCUT2D eigenvalue weighted by Gasteiger charge is -2.14. The first kappa shape index (κ1) is 16.4. The third kappa shape index (κ3) is 4.26. The van der Waals surface area contributed by atoms with Crippen molar-refractivity contribution >= 4 is 10.0 Å². The standard InChI is InChI=1S/C15H24N2O3S/c1-3-15(18)13-5-4-6-14(9-13)21(19,20)16-10-12-7-8-17(2)11-12/h4-6,9,12,15-16,18H,3,7-8,10-11H2,1-2H3. The number of hydrogen-bond acceptors (Lipinski definition) is 4. The molecule has 0 bridgehead atoms. The molecule has 0 spiro atoms. The Balaban J connectivity index is 2.05. The molecule has 0 aromatic heterocycles. The number of aliphatic hydroxyl groups excluding tert-OH is 1. The number of likely N-dealkylation sites (tertiary alicyclic amines) is 1. The molecule has 1 aliphatic rings. The predicted molar refractivity (Wildman–Crippen MR) is 82.5 cm³/mol. The van der Waals surface area contributed by atoms with Gasteiger partial charge in [-0.3, -0.25) is 0 Å². The smallest absolute Gasteiger partial charge is 0.240 e. The average molecular weight is 312 g/mol. The first-order valence-corrected chi connectivity index (χ1v) is 8.87. The van der Waals surface area contributed by atoms with Crippen molar-refractivity contribution in [2.24, 2.45) is 5.92 Å². The molecule has 118 valence electrons. The van der Waals surface area contributed by atoms with Crippen LogP contribution in [0.2, 0.25) is 0 Å². The second-order valence-electron chi connectivity index (χ2n) is 5.77. The molecule has 2 atom stereocenters. The van der Waals surface area contributed by atoms with Crippen LogP contribution in [-0.2, 0) is 10.0 Å². The number of hydrogen-bond donors (Lipinski definition) is 2. The number of benzene rings is 1. The number of nitrogens with one attached hydrogen (secondary N) is 1. The molecule has 2 rings (SSSR count). The summed E-state index contributed by atoms with van der Waals surface area (Å²) in [5.41, 5.74) is 0.640. The molecular formula is C15H24N2O3S. The van der Waals surface area contributed by atoms with Crippen molar-refractivity contribution in [1.29, 1.82) is 0 Å². The van der Waals surface area contributed by atoms with E-state index in [2.05, 4.69) is 9.62 Å².